The average Bonchev–Trinajstić information content (AvgIpc) is 2.73. The zero-order valence-corrected chi connectivity index (χ0v) is 12.8. The number of hydrogen-bond acceptors (Lipinski definition) is 5. The number of aryl methyl sites for hydroxylation is 1. The lowest BCUT2D eigenvalue weighted by atomic mass is 10.3. The number of aromatic nitrogens is 2. The van der Waals surface area contributed by atoms with E-state index in [0.717, 1.165) is 27.7 Å². The highest BCUT2D eigenvalue weighted by Gasteiger charge is 2.08. The highest BCUT2D eigenvalue weighted by Crippen LogP contribution is 2.22. The van der Waals surface area contributed by atoms with E-state index in [0.29, 0.717) is 6.54 Å². The van der Waals surface area contributed by atoms with Gasteiger partial charge in [0.15, 0.2) is 0 Å². The first-order chi connectivity index (χ1) is 8.58. The third-order valence-electron chi connectivity index (χ3n) is 2.49. The fourth-order valence-corrected chi connectivity index (χ4v) is 2.87. The SMILES string of the molecule is Cc1cc(CN)nc(N(C)Cc2csc(Br)c2)n1. The fourth-order valence-electron chi connectivity index (χ4n) is 1.67. The van der Waals surface area contributed by atoms with Crippen LogP contribution >= 0.6 is 27.3 Å². The van der Waals surface area contributed by atoms with Crippen molar-refractivity contribution in [2.75, 3.05) is 11.9 Å². The van der Waals surface area contributed by atoms with Crippen molar-refractivity contribution in [1.82, 2.24) is 9.97 Å². The van der Waals surface area contributed by atoms with Crippen LogP contribution in [-0.4, -0.2) is 17.0 Å². The first kappa shape index (κ1) is 13.5. The Morgan fingerprint density at radius 3 is 2.78 bits per heavy atom. The molecule has 96 valence electrons. The normalized spacial score (nSPS) is 10.7. The number of thiophene rings is 1. The molecule has 2 N–H and O–H groups in total. The highest BCUT2D eigenvalue weighted by atomic mass is 79.9. The summed E-state index contributed by atoms with van der Waals surface area (Å²) in [6.45, 7) is 3.18. The molecule has 0 atom stereocenters. The summed E-state index contributed by atoms with van der Waals surface area (Å²) in [6.07, 6.45) is 0. The van der Waals surface area contributed by atoms with Crippen LogP contribution in [0.25, 0.3) is 0 Å². The van der Waals surface area contributed by atoms with Gasteiger partial charge in [0.25, 0.3) is 0 Å². The molecule has 6 heteroatoms. The summed E-state index contributed by atoms with van der Waals surface area (Å²) in [7, 11) is 1.99. The summed E-state index contributed by atoms with van der Waals surface area (Å²) >= 11 is 5.15. The third-order valence-corrected chi connectivity index (χ3v) is 4.04. The Labute approximate surface area is 119 Å². The standard InChI is InChI=1S/C12H15BrN4S/c1-8-3-10(5-14)16-12(15-8)17(2)6-9-4-11(13)18-7-9/h3-4,7H,5-6,14H2,1-2H3. The predicted molar refractivity (Wildman–Crippen MR) is 78.8 cm³/mol. The van der Waals surface area contributed by atoms with E-state index >= 15 is 0 Å². The molecule has 2 aromatic rings. The maximum Gasteiger partial charge on any atom is 0.225 e. The second-order valence-corrected chi connectivity index (χ2v) is 6.41. The summed E-state index contributed by atoms with van der Waals surface area (Å²) in [5.41, 5.74) is 8.69. The Hall–Kier alpha value is -0.980. The zero-order valence-electron chi connectivity index (χ0n) is 10.4. The van der Waals surface area contributed by atoms with Crippen LogP contribution in [0.5, 0.6) is 0 Å². The number of halogens is 1. The van der Waals surface area contributed by atoms with Gasteiger partial charge in [0.1, 0.15) is 0 Å². The van der Waals surface area contributed by atoms with Gasteiger partial charge < -0.3 is 10.6 Å². The Bertz CT molecular complexity index is 541. The largest absolute Gasteiger partial charge is 0.340 e. The van der Waals surface area contributed by atoms with Gasteiger partial charge in [-0.25, -0.2) is 9.97 Å². The van der Waals surface area contributed by atoms with E-state index in [-0.39, 0.29) is 0 Å². The molecule has 0 saturated carbocycles. The van der Waals surface area contributed by atoms with Gasteiger partial charge >= 0.3 is 0 Å². The van der Waals surface area contributed by atoms with Crippen molar-refractivity contribution < 1.29 is 0 Å². The molecule has 0 unspecified atom stereocenters. The smallest absolute Gasteiger partial charge is 0.225 e. The molecule has 0 radical (unpaired) electrons. The van der Waals surface area contributed by atoms with Gasteiger partial charge in [-0.05, 0) is 45.9 Å². The summed E-state index contributed by atoms with van der Waals surface area (Å²) < 4.78 is 1.14. The summed E-state index contributed by atoms with van der Waals surface area (Å²) in [5.74, 6) is 0.720. The van der Waals surface area contributed by atoms with E-state index in [1.54, 1.807) is 11.3 Å². The van der Waals surface area contributed by atoms with Gasteiger partial charge in [-0.2, -0.15) is 0 Å². The first-order valence-electron chi connectivity index (χ1n) is 5.57. The minimum atomic E-state index is 0.439. The van der Waals surface area contributed by atoms with Gasteiger partial charge in [0.05, 0.1) is 9.48 Å². The molecule has 0 amide bonds. The summed E-state index contributed by atoms with van der Waals surface area (Å²) in [6, 6.07) is 4.03. The molecule has 0 aliphatic rings. The lowest BCUT2D eigenvalue weighted by Gasteiger charge is -2.17. The van der Waals surface area contributed by atoms with E-state index in [2.05, 4.69) is 37.3 Å². The van der Waals surface area contributed by atoms with Crippen LogP contribution in [0.2, 0.25) is 0 Å². The molecule has 4 nitrogen and oxygen atoms in total. The monoisotopic (exact) mass is 326 g/mol. The van der Waals surface area contributed by atoms with E-state index in [1.807, 2.05) is 24.9 Å². The molecule has 0 aliphatic heterocycles. The van der Waals surface area contributed by atoms with Gasteiger partial charge in [-0.15, -0.1) is 11.3 Å². The van der Waals surface area contributed by atoms with Crippen molar-refractivity contribution in [2.24, 2.45) is 5.73 Å². The van der Waals surface area contributed by atoms with Gasteiger partial charge in [0, 0.05) is 25.8 Å². The van der Waals surface area contributed by atoms with Crippen LogP contribution in [0.1, 0.15) is 17.0 Å². The highest BCUT2D eigenvalue weighted by molar-refractivity contribution is 9.11. The molecule has 0 fully saturated rings. The van der Waals surface area contributed by atoms with Crippen LogP contribution in [-0.2, 0) is 13.1 Å². The number of hydrogen-bond donors (Lipinski definition) is 1. The van der Waals surface area contributed by atoms with Crippen LogP contribution in [0, 0.1) is 6.92 Å². The maximum absolute atomic E-state index is 5.63. The molecule has 0 spiro atoms. The predicted octanol–water partition coefficient (Wildman–Crippen LogP) is 2.70. The number of nitrogens with zero attached hydrogens (tertiary/aromatic N) is 3. The van der Waals surface area contributed by atoms with Crippen molar-refractivity contribution in [3.63, 3.8) is 0 Å². The Morgan fingerprint density at radius 2 is 2.17 bits per heavy atom. The Kier molecular flexibility index (Phi) is 4.31. The lowest BCUT2D eigenvalue weighted by molar-refractivity contribution is 0.838. The topological polar surface area (TPSA) is 55.0 Å². The lowest BCUT2D eigenvalue weighted by Crippen LogP contribution is -2.20. The third kappa shape index (κ3) is 3.28. The van der Waals surface area contributed by atoms with Gasteiger partial charge in [-0.1, -0.05) is 0 Å². The van der Waals surface area contributed by atoms with Crippen LogP contribution < -0.4 is 10.6 Å². The molecule has 0 aliphatic carbocycles. The van der Waals surface area contributed by atoms with Crippen LogP contribution in [0.15, 0.2) is 21.3 Å². The summed E-state index contributed by atoms with van der Waals surface area (Å²) in [4.78, 5) is 10.9. The molecule has 2 heterocycles. The van der Waals surface area contributed by atoms with Crippen LogP contribution in [0.4, 0.5) is 5.95 Å². The molecule has 0 bridgehead atoms. The van der Waals surface area contributed by atoms with E-state index in [4.69, 9.17) is 5.73 Å². The van der Waals surface area contributed by atoms with Crippen molar-refractivity contribution in [3.8, 4) is 0 Å². The molecule has 18 heavy (non-hydrogen) atoms. The Morgan fingerprint density at radius 1 is 1.39 bits per heavy atom. The second kappa shape index (κ2) is 5.77. The van der Waals surface area contributed by atoms with Crippen molar-refractivity contribution in [2.45, 2.75) is 20.0 Å². The van der Waals surface area contributed by atoms with Gasteiger partial charge in [0.2, 0.25) is 5.95 Å². The quantitative estimate of drug-likeness (QED) is 0.938. The molecule has 2 rings (SSSR count). The van der Waals surface area contributed by atoms with Crippen molar-refractivity contribution in [3.05, 3.63) is 38.3 Å². The number of nitrogens with two attached hydrogens (primary N) is 1. The molecule has 0 saturated heterocycles. The first-order valence-corrected chi connectivity index (χ1v) is 7.24. The van der Waals surface area contributed by atoms with Crippen molar-refractivity contribution >= 4 is 33.2 Å². The number of anilines is 1. The minimum Gasteiger partial charge on any atom is -0.340 e. The second-order valence-electron chi connectivity index (χ2n) is 4.12. The molecular formula is C12H15BrN4S. The molecule has 0 aromatic carbocycles. The number of rotatable bonds is 4. The Balaban J connectivity index is 2.17. The van der Waals surface area contributed by atoms with E-state index < -0.39 is 0 Å². The fraction of sp³-hybridized carbons (Fsp3) is 0.333. The zero-order chi connectivity index (χ0) is 13.1. The van der Waals surface area contributed by atoms with Crippen LogP contribution in [0.3, 0.4) is 0 Å². The maximum atomic E-state index is 5.63. The summed E-state index contributed by atoms with van der Waals surface area (Å²) in [5, 5.41) is 2.13. The van der Waals surface area contributed by atoms with Crippen molar-refractivity contribution in [1.29, 1.82) is 0 Å². The molecule has 2 aromatic heterocycles. The van der Waals surface area contributed by atoms with E-state index in [9.17, 15) is 0 Å². The molecular weight excluding hydrogens is 312 g/mol. The van der Waals surface area contributed by atoms with E-state index in [1.165, 1.54) is 5.56 Å². The average molecular weight is 327 g/mol. The van der Waals surface area contributed by atoms with Gasteiger partial charge in [-0.3, -0.25) is 0 Å². The minimum absolute atomic E-state index is 0.439.